The first kappa shape index (κ1) is 18.4. The van der Waals surface area contributed by atoms with Crippen molar-refractivity contribution in [2.24, 2.45) is 5.14 Å². The number of carbonyl (C=O) groups is 2. The van der Waals surface area contributed by atoms with Crippen LogP contribution >= 0.6 is 11.6 Å². The molecular formula is C17H16ClN3O4S. The van der Waals surface area contributed by atoms with Crippen molar-refractivity contribution in [3.8, 4) is 0 Å². The van der Waals surface area contributed by atoms with Crippen molar-refractivity contribution in [3.63, 3.8) is 0 Å². The van der Waals surface area contributed by atoms with E-state index < -0.39 is 15.6 Å². The molecular weight excluding hydrogens is 378 g/mol. The Morgan fingerprint density at radius 3 is 2.65 bits per heavy atom. The molecule has 0 fully saturated rings. The summed E-state index contributed by atoms with van der Waals surface area (Å²) >= 11 is 5.98. The van der Waals surface area contributed by atoms with Gasteiger partial charge >= 0.3 is 0 Å². The van der Waals surface area contributed by atoms with E-state index in [9.17, 15) is 18.0 Å². The van der Waals surface area contributed by atoms with Gasteiger partial charge in [0.05, 0.1) is 22.8 Å². The lowest BCUT2D eigenvalue weighted by molar-refractivity contribution is -0.112. The van der Waals surface area contributed by atoms with Crippen LogP contribution in [0.2, 0.25) is 5.02 Å². The minimum atomic E-state index is -3.92. The first-order chi connectivity index (χ1) is 12.2. The monoisotopic (exact) mass is 393 g/mol. The molecule has 7 nitrogen and oxygen atoms in total. The second kappa shape index (κ2) is 6.39. The zero-order valence-electron chi connectivity index (χ0n) is 13.8. The molecule has 2 aromatic carbocycles. The highest BCUT2D eigenvalue weighted by Gasteiger charge is 2.38. The van der Waals surface area contributed by atoms with E-state index in [0.717, 1.165) is 0 Å². The Kier molecular flexibility index (Phi) is 4.51. The third-order valence-electron chi connectivity index (χ3n) is 4.43. The Hall–Kier alpha value is -2.42. The number of nitrogens with two attached hydrogens (primary N) is 1. The summed E-state index contributed by atoms with van der Waals surface area (Å²) < 4.78 is 23.3. The number of hydrogen-bond donors (Lipinski definition) is 2. The van der Waals surface area contributed by atoms with Crippen LogP contribution in [0.4, 0.5) is 5.69 Å². The third-order valence-corrected chi connectivity index (χ3v) is 5.58. The van der Waals surface area contributed by atoms with Crippen LogP contribution in [0.3, 0.4) is 0 Å². The Morgan fingerprint density at radius 1 is 1.27 bits per heavy atom. The molecule has 1 aliphatic rings. The van der Waals surface area contributed by atoms with E-state index in [4.69, 9.17) is 16.7 Å². The standard InChI is InChI=1S/C17H16ClN3O4S/c1-17(9-22,11-3-2-4-13(7-11)26(19,24)25)21-10-20-16(23)14-8-12(18)5-6-15(14)21/h2-9H,10H2,1H3,(H,20,23)(H2,19,24,25). The van der Waals surface area contributed by atoms with Gasteiger partial charge < -0.3 is 15.0 Å². The number of anilines is 1. The molecule has 1 atom stereocenters. The van der Waals surface area contributed by atoms with Crippen LogP contribution in [0, 0.1) is 0 Å². The second-order valence-corrected chi connectivity index (χ2v) is 8.09. The van der Waals surface area contributed by atoms with Gasteiger partial charge in [-0.2, -0.15) is 0 Å². The third kappa shape index (κ3) is 3.07. The summed E-state index contributed by atoms with van der Waals surface area (Å²) in [7, 11) is -3.92. The number of sulfonamides is 1. The van der Waals surface area contributed by atoms with Crippen molar-refractivity contribution in [3.05, 3.63) is 58.6 Å². The minimum Gasteiger partial charge on any atom is -0.337 e. The van der Waals surface area contributed by atoms with Crippen LogP contribution in [0.25, 0.3) is 0 Å². The summed E-state index contributed by atoms with van der Waals surface area (Å²) in [5, 5.41) is 8.29. The summed E-state index contributed by atoms with van der Waals surface area (Å²) in [5.74, 6) is -0.301. The van der Waals surface area contributed by atoms with Crippen LogP contribution in [-0.2, 0) is 20.4 Å². The number of nitrogens with one attached hydrogen (secondary N) is 1. The van der Waals surface area contributed by atoms with Gasteiger partial charge in [0.25, 0.3) is 5.91 Å². The molecule has 2 aromatic rings. The molecule has 0 bridgehead atoms. The summed E-state index contributed by atoms with van der Waals surface area (Å²) in [6, 6.07) is 10.7. The van der Waals surface area contributed by atoms with Gasteiger partial charge in [0.1, 0.15) is 11.8 Å². The fraction of sp³-hybridized carbons (Fsp3) is 0.176. The van der Waals surface area contributed by atoms with Gasteiger partial charge in [0.2, 0.25) is 10.0 Å². The van der Waals surface area contributed by atoms with Crippen molar-refractivity contribution in [2.75, 3.05) is 11.6 Å². The van der Waals surface area contributed by atoms with Crippen molar-refractivity contribution >= 4 is 39.5 Å². The zero-order valence-corrected chi connectivity index (χ0v) is 15.3. The Morgan fingerprint density at radius 2 is 2.00 bits per heavy atom. The molecule has 0 aliphatic carbocycles. The maximum atomic E-state index is 12.1. The average molecular weight is 394 g/mol. The molecule has 0 saturated heterocycles. The highest BCUT2D eigenvalue weighted by atomic mass is 35.5. The van der Waals surface area contributed by atoms with Crippen molar-refractivity contribution in [1.29, 1.82) is 0 Å². The summed E-state index contributed by atoms with van der Waals surface area (Å²) in [4.78, 5) is 25.8. The summed E-state index contributed by atoms with van der Waals surface area (Å²) in [6.45, 7) is 1.71. The average Bonchev–Trinajstić information content (AvgIpc) is 2.61. The predicted octanol–water partition coefficient (Wildman–Crippen LogP) is 1.61. The Bertz CT molecular complexity index is 1010. The molecule has 1 amide bonds. The van der Waals surface area contributed by atoms with Gasteiger partial charge in [-0.15, -0.1) is 0 Å². The van der Waals surface area contributed by atoms with E-state index >= 15 is 0 Å². The largest absolute Gasteiger partial charge is 0.337 e. The van der Waals surface area contributed by atoms with E-state index in [1.165, 1.54) is 24.3 Å². The van der Waals surface area contributed by atoms with E-state index in [1.54, 1.807) is 30.0 Å². The minimum absolute atomic E-state index is 0.0717. The highest BCUT2D eigenvalue weighted by molar-refractivity contribution is 7.89. The SMILES string of the molecule is CC(C=O)(c1cccc(S(N)(=O)=O)c1)N1CNC(=O)c2cc(Cl)ccc21. The molecule has 0 radical (unpaired) electrons. The van der Waals surface area contributed by atoms with E-state index in [2.05, 4.69) is 5.32 Å². The number of benzene rings is 2. The molecule has 0 spiro atoms. The molecule has 136 valence electrons. The lowest BCUT2D eigenvalue weighted by Crippen LogP contribution is -2.54. The topological polar surface area (TPSA) is 110 Å². The number of amides is 1. The van der Waals surface area contributed by atoms with Gasteiger partial charge in [-0.05, 0) is 42.8 Å². The molecule has 26 heavy (non-hydrogen) atoms. The normalized spacial score (nSPS) is 16.4. The van der Waals surface area contributed by atoms with Crippen LogP contribution < -0.4 is 15.4 Å². The van der Waals surface area contributed by atoms with Gasteiger partial charge in [-0.3, -0.25) is 4.79 Å². The fourth-order valence-electron chi connectivity index (χ4n) is 2.95. The molecule has 1 unspecified atom stereocenters. The van der Waals surface area contributed by atoms with Gasteiger partial charge in [0, 0.05) is 5.02 Å². The fourth-order valence-corrected chi connectivity index (χ4v) is 3.68. The van der Waals surface area contributed by atoms with E-state index in [1.807, 2.05) is 0 Å². The maximum absolute atomic E-state index is 12.1. The second-order valence-electron chi connectivity index (χ2n) is 6.09. The van der Waals surface area contributed by atoms with Gasteiger partial charge in [-0.1, -0.05) is 23.7 Å². The van der Waals surface area contributed by atoms with Gasteiger partial charge in [0.15, 0.2) is 0 Å². The lowest BCUT2D eigenvalue weighted by atomic mass is 9.90. The number of carbonyl (C=O) groups excluding carboxylic acids is 2. The number of primary sulfonamides is 1. The first-order valence-electron chi connectivity index (χ1n) is 7.62. The van der Waals surface area contributed by atoms with E-state index in [-0.39, 0.29) is 17.5 Å². The lowest BCUT2D eigenvalue weighted by Gasteiger charge is -2.42. The molecule has 3 rings (SSSR count). The molecule has 9 heteroatoms. The van der Waals surface area contributed by atoms with Crippen molar-refractivity contribution in [2.45, 2.75) is 17.4 Å². The predicted molar refractivity (Wildman–Crippen MR) is 97.5 cm³/mol. The molecule has 1 aliphatic heterocycles. The highest BCUT2D eigenvalue weighted by Crippen LogP contribution is 2.36. The number of halogens is 1. The zero-order chi connectivity index (χ0) is 19.1. The van der Waals surface area contributed by atoms with Gasteiger partial charge in [-0.25, -0.2) is 13.6 Å². The Labute approximate surface area is 155 Å². The number of nitrogens with zero attached hydrogens (tertiary/aromatic N) is 1. The smallest absolute Gasteiger partial charge is 0.254 e. The first-order valence-corrected chi connectivity index (χ1v) is 9.54. The van der Waals surface area contributed by atoms with Crippen LogP contribution in [-0.4, -0.2) is 27.3 Å². The molecule has 0 saturated carbocycles. The van der Waals surface area contributed by atoms with Crippen LogP contribution in [0.5, 0.6) is 0 Å². The Balaban J connectivity index is 2.17. The number of aldehydes is 1. The quantitative estimate of drug-likeness (QED) is 0.767. The number of rotatable bonds is 4. The molecule has 0 aromatic heterocycles. The summed E-state index contributed by atoms with van der Waals surface area (Å²) in [5.41, 5.74) is 0.0426. The van der Waals surface area contributed by atoms with Crippen molar-refractivity contribution in [1.82, 2.24) is 5.32 Å². The van der Waals surface area contributed by atoms with Crippen molar-refractivity contribution < 1.29 is 18.0 Å². The van der Waals surface area contributed by atoms with Crippen LogP contribution in [0.1, 0.15) is 22.8 Å². The summed E-state index contributed by atoms with van der Waals surface area (Å²) in [6.07, 6.45) is 0.700. The maximum Gasteiger partial charge on any atom is 0.254 e. The molecule has 3 N–H and O–H groups in total. The molecule has 1 heterocycles. The number of fused-ring (bicyclic) bond motifs is 1. The number of hydrogen-bond acceptors (Lipinski definition) is 5. The van der Waals surface area contributed by atoms with Crippen LogP contribution in [0.15, 0.2) is 47.4 Å². The van der Waals surface area contributed by atoms with E-state index in [0.29, 0.717) is 28.1 Å².